The summed E-state index contributed by atoms with van der Waals surface area (Å²) in [5, 5.41) is 3.98. The third-order valence-corrected chi connectivity index (χ3v) is 4.52. The van der Waals surface area contributed by atoms with Crippen LogP contribution in [0.1, 0.15) is 38.2 Å². The van der Waals surface area contributed by atoms with Crippen molar-refractivity contribution in [1.29, 1.82) is 0 Å². The number of amides is 1. The van der Waals surface area contributed by atoms with Gasteiger partial charge in [0.15, 0.2) is 0 Å². The van der Waals surface area contributed by atoms with Gasteiger partial charge in [-0.15, -0.1) is 0 Å². The molecule has 3 nitrogen and oxygen atoms in total. The van der Waals surface area contributed by atoms with Crippen molar-refractivity contribution in [2.24, 2.45) is 5.92 Å². The summed E-state index contributed by atoms with van der Waals surface area (Å²) in [5.74, 6) is -0.0493. The summed E-state index contributed by atoms with van der Waals surface area (Å²) >= 11 is 12.0. The van der Waals surface area contributed by atoms with E-state index in [2.05, 4.69) is 5.32 Å². The van der Waals surface area contributed by atoms with Gasteiger partial charge >= 0.3 is 0 Å². The third-order valence-electron chi connectivity index (χ3n) is 3.78. The van der Waals surface area contributed by atoms with E-state index < -0.39 is 0 Å². The van der Waals surface area contributed by atoms with Crippen molar-refractivity contribution in [3.8, 4) is 0 Å². The highest BCUT2D eigenvalue weighted by atomic mass is 35.5. The number of benzene rings is 1. The summed E-state index contributed by atoms with van der Waals surface area (Å²) in [4.78, 5) is 12.5. The van der Waals surface area contributed by atoms with E-state index in [1.807, 2.05) is 19.9 Å². The maximum absolute atomic E-state index is 12.5. The number of halogens is 2. The van der Waals surface area contributed by atoms with E-state index in [9.17, 15) is 4.79 Å². The van der Waals surface area contributed by atoms with E-state index in [1.165, 1.54) is 0 Å². The summed E-state index contributed by atoms with van der Waals surface area (Å²) < 4.78 is 5.53. The maximum atomic E-state index is 12.5. The third kappa shape index (κ3) is 4.35. The first-order valence-corrected chi connectivity index (χ1v) is 8.09. The van der Waals surface area contributed by atoms with Crippen molar-refractivity contribution < 1.29 is 9.53 Å². The zero-order valence-electron chi connectivity index (χ0n) is 12.4. The lowest BCUT2D eigenvalue weighted by Gasteiger charge is -2.22. The molecule has 1 amide bonds. The number of rotatable bonds is 5. The quantitative estimate of drug-likeness (QED) is 0.885. The maximum Gasteiger partial charge on any atom is 0.227 e. The standard InChI is InChI=1S/C16H21Cl2NO2/c1-10(2)15(11-5-6-13(17)14(18)8-11)16(20)19-9-12-4-3-7-21-12/h5-6,8,10,12,15H,3-4,7,9H2,1-2H3,(H,19,20). The van der Waals surface area contributed by atoms with E-state index >= 15 is 0 Å². The molecule has 1 aliphatic heterocycles. The smallest absolute Gasteiger partial charge is 0.227 e. The van der Waals surface area contributed by atoms with Crippen LogP contribution in [0.25, 0.3) is 0 Å². The lowest BCUT2D eigenvalue weighted by Crippen LogP contribution is -2.37. The lowest BCUT2D eigenvalue weighted by atomic mass is 9.87. The Labute approximate surface area is 136 Å². The number of nitrogens with one attached hydrogen (secondary N) is 1. The number of ether oxygens (including phenoxy) is 1. The molecule has 0 saturated carbocycles. The monoisotopic (exact) mass is 329 g/mol. The minimum atomic E-state index is -0.235. The van der Waals surface area contributed by atoms with Gasteiger partial charge in [0.05, 0.1) is 22.1 Å². The number of carbonyl (C=O) groups excluding carboxylic acids is 1. The van der Waals surface area contributed by atoms with Gasteiger partial charge in [0.1, 0.15) is 0 Å². The van der Waals surface area contributed by atoms with Crippen LogP contribution in [0.5, 0.6) is 0 Å². The van der Waals surface area contributed by atoms with Crippen LogP contribution in [0.3, 0.4) is 0 Å². The second kappa shape index (κ2) is 7.48. The Morgan fingerprint density at radius 2 is 2.14 bits per heavy atom. The number of carbonyl (C=O) groups is 1. The average Bonchev–Trinajstić information content (AvgIpc) is 2.93. The minimum Gasteiger partial charge on any atom is -0.376 e. The van der Waals surface area contributed by atoms with Crippen LogP contribution in [0.4, 0.5) is 0 Å². The van der Waals surface area contributed by atoms with E-state index in [-0.39, 0.29) is 23.8 Å². The first-order chi connectivity index (χ1) is 9.99. The van der Waals surface area contributed by atoms with Crippen LogP contribution in [0, 0.1) is 5.92 Å². The summed E-state index contributed by atoms with van der Waals surface area (Å²) in [6.45, 7) is 5.42. The van der Waals surface area contributed by atoms with Crippen molar-refractivity contribution in [2.45, 2.75) is 38.7 Å². The summed E-state index contributed by atoms with van der Waals surface area (Å²) in [6, 6.07) is 5.38. The van der Waals surface area contributed by atoms with Gasteiger partial charge < -0.3 is 10.1 Å². The van der Waals surface area contributed by atoms with E-state index in [4.69, 9.17) is 27.9 Å². The van der Waals surface area contributed by atoms with Crippen LogP contribution in [-0.2, 0) is 9.53 Å². The highest BCUT2D eigenvalue weighted by molar-refractivity contribution is 6.42. The molecule has 2 atom stereocenters. The second-order valence-electron chi connectivity index (χ2n) is 5.78. The zero-order valence-corrected chi connectivity index (χ0v) is 13.9. The first kappa shape index (κ1) is 16.6. The molecule has 2 unspecified atom stereocenters. The Bertz CT molecular complexity index is 499. The topological polar surface area (TPSA) is 38.3 Å². The molecule has 1 saturated heterocycles. The molecule has 21 heavy (non-hydrogen) atoms. The molecule has 0 radical (unpaired) electrons. The van der Waals surface area contributed by atoms with Gasteiger partial charge in [0, 0.05) is 13.2 Å². The molecule has 0 aliphatic carbocycles. The Morgan fingerprint density at radius 3 is 2.71 bits per heavy atom. The van der Waals surface area contributed by atoms with Gasteiger partial charge in [-0.3, -0.25) is 4.79 Å². The molecule has 0 aromatic heterocycles. The van der Waals surface area contributed by atoms with Gasteiger partial charge in [0.25, 0.3) is 0 Å². The highest BCUT2D eigenvalue weighted by Crippen LogP contribution is 2.30. The predicted octanol–water partition coefficient (Wildman–Crippen LogP) is 4.03. The fraction of sp³-hybridized carbons (Fsp3) is 0.562. The van der Waals surface area contributed by atoms with Gasteiger partial charge in [-0.05, 0) is 36.5 Å². The molecule has 1 N–H and O–H groups in total. The molecule has 1 aromatic carbocycles. The first-order valence-electron chi connectivity index (χ1n) is 7.33. The Morgan fingerprint density at radius 1 is 1.38 bits per heavy atom. The molecule has 5 heteroatoms. The van der Waals surface area contributed by atoms with Crippen molar-refractivity contribution in [3.05, 3.63) is 33.8 Å². The fourth-order valence-electron chi connectivity index (χ4n) is 2.67. The minimum absolute atomic E-state index is 0.0129. The van der Waals surface area contributed by atoms with E-state index in [0.29, 0.717) is 16.6 Å². The van der Waals surface area contributed by atoms with Crippen LogP contribution < -0.4 is 5.32 Å². The zero-order chi connectivity index (χ0) is 15.4. The van der Waals surface area contributed by atoms with Crippen molar-refractivity contribution >= 4 is 29.1 Å². The average molecular weight is 330 g/mol. The van der Waals surface area contributed by atoms with Crippen molar-refractivity contribution in [3.63, 3.8) is 0 Å². The molecule has 0 bridgehead atoms. The van der Waals surface area contributed by atoms with Gasteiger partial charge in [-0.25, -0.2) is 0 Å². The van der Waals surface area contributed by atoms with Crippen LogP contribution in [0.15, 0.2) is 18.2 Å². The van der Waals surface area contributed by atoms with Crippen molar-refractivity contribution in [1.82, 2.24) is 5.32 Å². The molecular formula is C16H21Cl2NO2. The van der Waals surface area contributed by atoms with Gasteiger partial charge in [-0.2, -0.15) is 0 Å². The van der Waals surface area contributed by atoms with Crippen LogP contribution in [0.2, 0.25) is 10.0 Å². The van der Waals surface area contributed by atoms with E-state index in [0.717, 1.165) is 25.0 Å². The van der Waals surface area contributed by atoms with E-state index in [1.54, 1.807) is 12.1 Å². The summed E-state index contributed by atoms with van der Waals surface area (Å²) in [6.07, 6.45) is 2.23. The Balaban J connectivity index is 2.06. The highest BCUT2D eigenvalue weighted by Gasteiger charge is 2.26. The SMILES string of the molecule is CC(C)C(C(=O)NCC1CCCO1)c1ccc(Cl)c(Cl)c1. The molecule has 1 aliphatic rings. The fourth-order valence-corrected chi connectivity index (χ4v) is 2.98. The lowest BCUT2D eigenvalue weighted by molar-refractivity contribution is -0.124. The normalized spacial score (nSPS) is 19.8. The van der Waals surface area contributed by atoms with Crippen molar-refractivity contribution in [2.75, 3.05) is 13.2 Å². The molecule has 1 heterocycles. The van der Waals surface area contributed by atoms with Gasteiger partial charge in [0.2, 0.25) is 5.91 Å². The number of hydrogen-bond donors (Lipinski definition) is 1. The Kier molecular flexibility index (Phi) is 5.91. The predicted molar refractivity (Wildman–Crippen MR) is 86.0 cm³/mol. The van der Waals surface area contributed by atoms with Crippen LogP contribution >= 0.6 is 23.2 Å². The molecular weight excluding hydrogens is 309 g/mol. The van der Waals surface area contributed by atoms with Gasteiger partial charge in [-0.1, -0.05) is 43.1 Å². The molecule has 0 spiro atoms. The molecule has 2 rings (SSSR count). The summed E-state index contributed by atoms with van der Waals surface area (Å²) in [5.41, 5.74) is 0.893. The molecule has 1 fully saturated rings. The summed E-state index contributed by atoms with van der Waals surface area (Å²) in [7, 11) is 0. The number of hydrogen-bond acceptors (Lipinski definition) is 2. The molecule has 116 valence electrons. The Hall–Kier alpha value is -0.770. The van der Waals surface area contributed by atoms with Crippen LogP contribution in [-0.4, -0.2) is 25.2 Å². The second-order valence-corrected chi connectivity index (χ2v) is 6.59. The largest absolute Gasteiger partial charge is 0.376 e. The molecule has 1 aromatic rings.